The number of halogens is 1. The lowest BCUT2D eigenvalue weighted by molar-refractivity contribution is -0.119. The first-order valence-electron chi connectivity index (χ1n) is 8.14. The summed E-state index contributed by atoms with van der Waals surface area (Å²) in [6.45, 7) is 5.55. The lowest BCUT2D eigenvalue weighted by Crippen LogP contribution is -2.47. The third-order valence-corrected chi connectivity index (χ3v) is 5.58. The Morgan fingerprint density at radius 3 is 3.04 bits per heavy atom. The molecule has 128 valence electrons. The van der Waals surface area contributed by atoms with Crippen LogP contribution in [-0.4, -0.2) is 42.9 Å². The zero-order valence-electron chi connectivity index (χ0n) is 13.6. The highest BCUT2D eigenvalue weighted by atomic mass is 79.9. The van der Waals surface area contributed by atoms with Crippen molar-refractivity contribution >= 4 is 39.1 Å². The monoisotopic (exact) mass is 400 g/mol. The van der Waals surface area contributed by atoms with Crippen LogP contribution in [0.1, 0.15) is 31.1 Å². The molecule has 1 aliphatic heterocycles. The third kappa shape index (κ3) is 6.14. The number of thiophene rings is 1. The number of guanidine groups is 1. The highest BCUT2D eigenvalue weighted by molar-refractivity contribution is 9.11. The van der Waals surface area contributed by atoms with Crippen molar-refractivity contribution in [1.82, 2.24) is 10.2 Å². The summed E-state index contributed by atoms with van der Waals surface area (Å²) in [6.07, 6.45) is 3.57. The summed E-state index contributed by atoms with van der Waals surface area (Å²) < 4.78 is 1.16. The molecule has 0 bridgehead atoms. The summed E-state index contributed by atoms with van der Waals surface area (Å²) in [5.41, 5.74) is 5.34. The van der Waals surface area contributed by atoms with E-state index in [0.29, 0.717) is 12.3 Å². The Bertz CT molecular complexity index is 546. The molecule has 1 unspecified atom stereocenters. The number of hydrogen-bond acceptors (Lipinski definition) is 3. The number of primary amides is 1. The fourth-order valence-corrected chi connectivity index (χ4v) is 4.36. The molecule has 0 aliphatic carbocycles. The van der Waals surface area contributed by atoms with Gasteiger partial charge in [-0.2, -0.15) is 0 Å². The molecular formula is C16H25BrN4OS. The molecule has 2 heterocycles. The Morgan fingerprint density at radius 1 is 1.57 bits per heavy atom. The molecule has 0 saturated carbocycles. The second-order valence-electron chi connectivity index (χ2n) is 5.82. The molecule has 3 N–H and O–H groups in total. The molecule has 0 radical (unpaired) electrons. The Kier molecular flexibility index (Phi) is 7.36. The maximum Gasteiger partial charge on any atom is 0.217 e. The van der Waals surface area contributed by atoms with Gasteiger partial charge >= 0.3 is 0 Å². The van der Waals surface area contributed by atoms with Crippen molar-refractivity contribution in [3.05, 3.63) is 20.8 Å². The molecule has 1 atom stereocenters. The van der Waals surface area contributed by atoms with Crippen LogP contribution < -0.4 is 11.1 Å². The quantitative estimate of drug-likeness (QED) is 0.569. The number of nitrogens with zero attached hydrogens (tertiary/aromatic N) is 2. The van der Waals surface area contributed by atoms with Crippen LogP contribution in [-0.2, 0) is 11.2 Å². The Hall–Kier alpha value is -1.08. The van der Waals surface area contributed by atoms with Gasteiger partial charge in [0.15, 0.2) is 5.96 Å². The molecule has 1 amide bonds. The molecule has 5 nitrogen and oxygen atoms in total. The van der Waals surface area contributed by atoms with Gasteiger partial charge in [-0.15, -0.1) is 11.3 Å². The van der Waals surface area contributed by atoms with E-state index in [1.54, 1.807) is 11.3 Å². The standard InChI is InChI=1S/C16H25BrN4OS/c1-2-19-16(20-8-7-13-5-6-14(17)23-13)21-9-3-4-12(11-21)10-15(18)22/h5-6,12H,2-4,7-11H2,1H3,(H2,18,22)(H,19,20). The summed E-state index contributed by atoms with van der Waals surface area (Å²) in [5, 5.41) is 3.37. The maximum atomic E-state index is 11.2. The van der Waals surface area contributed by atoms with E-state index in [2.05, 4.69) is 45.2 Å². The first-order chi connectivity index (χ1) is 11.1. The highest BCUT2D eigenvalue weighted by Crippen LogP contribution is 2.22. The molecule has 2 rings (SSSR count). The number of aliphatic imine (C=N–C) groups is 1. The van der Waals surface area contributed by atoms with Crippen molar-refractivity contribution in [2.24, 2.45) is 16.6 Å². The topological polar surface area (TPSA) is 70.7 Å². The van der Waals surface area contributed by atoms with Crippen molar-refractivity contribution in [3.63, 3.8) is 0 Å². The van der Waals surface area contributed by atoms with Gasteiger partial charge in [0.05, 0.1) is 3.79 Å². The van der Waals surface area contributed by atoms with Crippen LogP contribution in [0.3, 0.4) is 0 Å². The second-order valence-corrected chi connectivity index (χ2v) is 8.36. The minimum absolute atomic E-state index is 0.206. The van der Waals surface area contributed by atoms with Crippen molar-refractivity contribution in [1.29, 1.82) is 0 Å². The van der Waals surface area contributed by atoms with E-state index in [1.807, 2.05) is 0 Å². The largest absolute Gasteiger partial charge is 0.370 e. The summed E-state index contributed by atoms with van der Waals surface area (Å²) in [7, 11) is 0. The molecule has 0 aromatic carbocycles. The van der Waals surface area contributed by atoms with Gasteiger partial charge in [-0.1, -0.05) is 0 Å². The van der Waals surface area contributed by atoms with Crippen LogP contribution in [0.5, 0.6) is 0 Å². The van der Waals surface area contributed by atoms with Gasteiger partial charge in [-0.3, -0.25) is 9.79 Å². The van der Waals surface area contributed by atoms with Gasteiger partial charge in [0, 0.05) is 43.9 Å². The number of hydrogen-bond donors (Lipinski definition) is 2. The van der Waals surface area contributed by atoms with E-state index in [0.717, 1.165) is 55.2 Å². The molecule has 0 spiro atoms. The lowest BCUT2D eigenvalue weighted by Gasteiger charge is -2.34. The zero-order chi connectivity index (χ0) is 16.7. The fraction of sp³-hybridized carbons (Fsp3) is 0.625. The van der Waals surface area contributed by atoms with E-state index < -0.39 is 0 Å². The first-order valence-corrected chi connectivity index (χ1v) is 9.75. The van der Waals surface area contributed by atoms with Crippen molar-refractivity contribution in [2.45, 2.75) is 32.6 Å². The summed E-state index contributed by atoms with van der Waals surface area (Å²) in [5.74, 6) is 1.10. The SMILES string of the molecule is CCNC(=NCCc1ccc(Br)s1)N1CCCC(CC(N)=O)C1. The van der Waals surface area contributed by atoms with Crippen molar-refractivity contribution in [2.75, 3.05) is 26.2 Å². The van der Waals surface area contributed by atoms with Crippen LogP contribution >= 0.6 is 27.3 Å². The van der Waals surface area contributed by atoms with E-state index in [4.69, 9.17) is 10.7 Å². The van der Waals surface area contributed by atoms with Gasteiger partial charge in [0.25, 0.3) is 0 Å². The first kappa shape index (κ1) is 18.3. The van der Waals surface area contributed by atoms with Gasteiger partial charge in [0.1, 0.15) is 0 Å². The highest BCUT2D eigenvalue weighted by Gasteiger charge is 2.23. The van der Waals surface area contributed by atoms with Crippen LogP contribution in [0, 0.1) is 5.92 Å². The van der Waals surface area contributed by atoms with Crippen LogP contribution in [0.4, 0.5) is 0 Å². The Morgan fingerprint density at radius 2 is 2.39 bits per heavy atom. The minimum Gasteiger partial charge on any atom is -0.370 e. The van der Waals surface area contributed by atoms with Crippen molar-refractivity contribution < 1.29 is 4.79 Å². The molecule has 1 aromatic heterocycles. The normalized spacial score (nSPS) is 19.0. The summed E-state index contributed by atoms with van der Waals surface area (Å²) >= 11 is 5.25. The molecule has 7 heteroatoms. The number of piperidine rings is 1. The third-order valence-electron chi connectivity index (χ3n) is 3.89. The number of carbonyl (C=O) groups is 1. The van der Waals surface area contributed by atoms with Gasteiger partial charge in [-0.05, 0) is 53.7 Å². The number of likely N-dealkylation sites (tertiary alicyclic amines) is 1. The van der Waals surface area contributed by atoms with Crippen LogP contribution in [0.25, 0.3) is 0 Å². The van der Waals surface area contributed by atoms with Gasteiger partial charge < -0.3 is 16.0 Å². The minimum atomic E-state index is -0.206. The Balaban J connectivity index is 1.93. The predicted octanol–water partition coefficient (Wildman–Crippen LogP) is 2.61. The fourth-order valence-electron chi connectivity index (χ4n) is 2.89. The van der Waals surface area contributed by atoms with Crippen LogP contribution in [0.15, 0.2) is 20.9 Å². The van der Waals surface area contributed by atoms with Gasteiger partial charge in [-0.25, -0.2) is 0 Å². The predicted molar refractivity (Wildman–Crippen MR) is 99.8 cm³/mol. The molecule has 1 saturated heterocycles. The maximum absolute atomic E-state index is 11.2. The van der Waals surface area contributed by atoms with Crippen LogP contribution in [0.2, 0.25) is 0 Å². The van der Waals surface area contributed by atoms with E-state index in [1.165, 1.54) is 4.88 Å². The molecule has 23 heavy (non-hydrogen) atoms. The van der Waals surface area contributed by atoms with E-state index >= 15 is 0 Å². The number of nitrogens with one attached hydrogen (secondary N) is 1. The number of rotatable bonds is 6. The molecular weight excluding hydrogens is 376 g/mol. The molecule has 1 aromatic rings. The average molecular weight is 401 g/mol. The second kappa shape index (κ2) is 9.27. The van der Waals surface area contributed by atoms with E-state index in [9.17, 15) is 4.79 Å². The van der Waals surface area contributed by atoms with Crippen molar-refractivity contribution in [3.8, 4) is 0 Å². The number of amides is 1. The summed E-state index contributed by atoms with van der Waals surface area (Å²) in [6, 6.07) is 4.22. The smallest absolute Gasteiger partial charge is 0.217 e. The number of nitrogens with two attached hydrogens (primary N) is 1. The lowest BCUT2D eigenvalue weighted by atomic mass is 9.95. The molecule has 1 aliphatic rings. The number of carbonyl (C=O) groups excluding carboxylic acids is 1. The Labute approximate surface area is 150 Å². The summed E-state index contributed by atoms with van der Waals surface area (Å²) in [4.78, 5) is 19.5. The average Bonchev–Trinajstić information content (AvgIpc) is 2.91. The van der Waals surface area contributed by atoms with Gasteiger partial charge in [0.2, 0.25) is 5.91 Å². The molecule has 1 fully saturated rings. The van der Waals surface area contributed by atoms with E-state index in [-0.39, 0.29) is 5.91 Å². The zero-order valence-corrected chi connectivity index (χ0v) is 16.0.